The number of nitrogens with zero attached hydrogens (tertiary/aromatic N) is 2. The van der Waals surface area contributed by atoms with Gasteiger partial charge in [-0.25, -0.2) is 0 Å². The molecule has 2 aliphatic rings. The van der Waals surface area contributed by atoms with Crippen LogP contribution >= 0.6 is 15.9 Å². The largest absolute Gasteiger partial charge is 0.369 e. The van der Waals surface area contributed by atoms with E-state index in [0.717, 1.165) is 16.7 Å². The van der Waals surface area contributed by atoms with Crippen LogP contribution in [0.2, 0.25) is 0 Å². The molecule has 1 aliphatic carbocycles. The zero-order valence-electron chi connectivity index (χ0n) is 10.8. The van der Waals surface area contributed by atoms with Gasteiger partial charge in [-0.15, -0.1) is 0 Å². The number of rotatable bonds is 2. The van der Waals surface area contributed by atoms with Gasteiger partial charge in [-0.1, -0.05) is 22.9 Å². The van der Waals surface area contributed by atoms with Crippen LogP contribution in [-0.4, -0.2) is 18.0 Å². The maximum Gasteiger partial charge on any atom is 0.196 e. The quantitative estimate of drug-likeness (QED) is 0.912. The molecule has 3 rings (SSSR count). The van der Waals surface area contributed by atoms with E-state index in [-0.39, 0.29) is 5.54 Å². The van der Waals surface area contributed by atoms with Crippen LogP contribution in [0.15, 0.2) is 33.7 Å². The Morgan fingerprint density at radius 3 is 2.39 bits per heavy atom. The Labute approximate surface area is 116 Å². The summed E-state index contributed by atoms with van der Waals surface area (Å²) in [6.45, 7) is 5.42. The third-order valence-electron chi connectivity index (χ3n) is 4.66. The van der Waals surface area contributed by atoms with Crippen LogP contribution in [0.5, 0.6) is 0 Å². The van der Waals surface area contributed by atoms with Gasteiger partial charge >= 0.3 is 0 Å². The second-order valence-electron chi connectivity index (χ2n) is 5.82. The molecule has 0 aromatic heterocycles. The van der Waals surface area contributed by atoms with Crippen molar-refractivity contribution in [3.05, 3.63) is 28.7 Å². The summed E-state index contributed by atoms with van der Waals surface area (Å²) < 4.78 is 1.08. The van der Waals surface area contributed by atoms with E-state index in [9.17, 15) is 0 Å². The van der Waals surface area contributed by atoms with Gasteiger partial charge in [0.1, 0.15) is 0 Å². The number of aliphatic imine (C=N–C) groups is 1. The van der Waals surface area contributed by atoms with Gasteiger partial charge in [0.2, 0.25) is 0 Å². The summed E-state index contributed by atoms with van der Waals surface area (Å²) in [5.41, 5.74) is 7.60. The van der Waals surface area contributed by atoms with E-state index >= 15 is 0 Å². The molecule has 2 N–H and O–H groups in total. The molecule has 0 radical (unpaired) electrons. The normalized spacial score (nSPS) is 29.3. The minimum absolute atomic E-state index is 0.0188. The molecule has 1 fully saturated rings. The first kappa shape index (κ1) is 12.0. The van der Waals surface area contributed by atoms with Crippen molar-refractivity contribution in [3.63, 3.8) is 0 Å². The summed E-state index contributed by atoms with van der Waals surface area (Å²) in [4.78, 5) is 6.70. The van der Waals surface area contributed by atoms with E-state index in [1.54, 1.807) is 0 Å². The second kappa shape index (κ2) is 3.73. The van der Waals surface area contributed by atoms with Gasteiger partial charge in [-0.3, -0.25) is 4.99 Å². The molecule has 1 aromatic carbocycles. The highest BCUT2D eigenvalue weighted by atomic mass is 79.9. The van der Waals surface area contributed by atoms with Gasteiger partial charge in [0.05, 0.1) is 12.1 Å². The Hall–Kier alpha value is -1.03. The molecule has 1 aromatic rings. The first-order chi connectivity index (χ1) is 8.46. The number of benzene rings is 1. The predicted molar refractivity (Wildman–Crippen MR) is 78.9 cm³/mol. The summed E-state index contributed by atoms with van der Waals surface area (Å²) in [5, 5.41) is 0. The maximum atomic E-state index is 6.11. The summed E-state index contributed by atoms with van der Waals surface area (Å²) in [6, 6.07) is 8.30. The number of guanidine groups is 1. The molecule has 0 spiro atoms. The van der Waals surface area contributed by atoms with Gasteiger partial charge < -0.3 is 10.6 Å². The van der Waals surface area contributed by atoms with Crippen molar-refractivity contribution in [2.75, 3.05) is 11.4 Å². The van der Waals surface area contributed by atoms with Crippen LogP contribution in [0.25, 0.3) is 0 Å². The number of halogens is 1. The molecule has 0 bridgehead atoms. The van der Waals surface area contributed by atoms with E-state index in [0.29, 0.717) is 11.4 Å². The van der Waals surface area contributed by atoms with Gasteiger partial charge in [0.15, 0.2) is 5.96 Å². The van der Waals surface area contributed by atoms with Crippen molar-refractivity contribution < 1.29 is 0 Å². The fourth-order valence-corrected chi connectivity index (χ4v) is 3.09. The van der Waals surface area contributed by atoms with Crippen molar-refractivity contribution in [3.8, 4) is 0 Å². The lowest BCUT2D eigenvalue weighted by Gasteiger charge is -2.41. The molecule has 4 heteroatoms. The molecule has 1 saturated carbocycles. The monoisotopic (exact) mass is 307 g/mol. The zero-order valence-corrected chi connectivity index (χ0v) is 12.4. The molecule has 1 heterocycles. The Balaban J connectivity index is 2.02. The highest BCUT2D eigenvalue weighted by Crippen LogP contribution is 2.57. The third kappa shape index (κ3) is 1.58. The lowest BCUT2D eigenvalue weighted by molar-refractivity contribution is 0.318. The Morgan fingerprint density at radius 1 is 1.22 bits per heavy atom. The van der Waals surface area contributed by atoms with Crippen molar-refractivity contribution in [2.45, 2.75) is 32.2 Å². The highest BCUT2D eigenvalue weighted by molar-refractivity contribution is 9.10. The second-order valence-corrected chi connectivity index (χ2v) is 6.74. The average Bonchev–Trinajstić information content (AvgIpc) is 3.02. The van der Waals surface area contributed by atoms with Crippen LogP contribution in [0.4, 0.5) is 5.69 Å². The van der Waals surface area contributed by atoms with E-state index in [1.807, 2.05) is 0 Å². The topological polar surface area (TPSA) is 41.6 Å². The van der Waals surface area contributed by atoms with Crippen molar-refractivity contribution in [2.24, 2.45) is 16.1 Å². The summed E-state index contributed by atoms with van der Waals surface area (Å²) >= 11 is 3.47. The molecule has 0 amide bonds. The van der Waals surface area contributed by atoms with Crippen molar-refractivity contribution in [1.82, 2.24) is 0 Å². The number of hydrogen-bond donors (Lipinski definition) is 1. The SMILES string of the molecule is CC1(C2(C)CN=C(N)N2c2ccc(Br)cc2)CC1. The van der Waals surface area contributed by atoms with Gasteiger partial charge in [-0.05, 0) is 49.4 Å². The summed E-state index contributed by atoms with van der Waals surface area (Å²) in [6.07, 6.45) is 2.53. The fourth-order valence-electron chi connectivity index (χ4n) is 2.82. The van der Waals surface area contributed by atoms with Gasteiger partial charge in [0.25, 0.3) is 0 Å². The maximum absolute atomic E-state index is 6.11. The van der Waals surface area contributed by atoms with Crippen molar-refractivity contribution in [1.29, 1.82) is 0 Å². The molecule has 3 nitrogen and oxygen atoms in total. The zero-order chi connectivity index (χ0) is 13.0. The summed E-state index contributed by atoms with van der Waals surface area (Å²) in [5.74, 6) is 0.646. The number of nitrogens with two attached hydrogens (primary N) is 1. The molecule has 18 heavy (non-hydrogen) atoms. The van der Waals surface area contributed by atoms with Crippen LogP contribution in [0.3, 0.4) is 0 Å². The molecule has 96 valence electrons. The van der Waals surface area contributed by atoms with E-state index in [1.165, 1.54) is 12.8 Å². The first-order valence-electron chi connectivity index (χ1n) is 6.32. The smallest absolute Gasteiger partial charge is 0.196 e. The predicted octanol–water partition coefficient (Wildman–Crippen LogP) is 3.14. The standard InChI is InChI=1S/C14H18BrN3/c1-13(7-8-13)14(2)9-17-12(16)18(14)11-5-3-10(15)4-6-11/h3-6H,7-9H2,1-2H3,(H2,16,17). The molecule has 1 atom stereocenters. The highest BCUT2D eigenvalue weighted by Gasteiger charge is 2.58. The Kier molecular flexibility index (Phi) is 2.49. The average molecular weight is 308 g/mol. The van der Waals surface area contributed by atoms with Gasteiger partial charge in [0, 0.05) is 10.2 Å². The molecule has 0 saturated heterocycles. The Morgan fingerprint density at radius 2 is 1.83 bits per heavy atom. The number of hydrogen-bond acceptors (Lipinski definition) is 3. The van der Waals surface area contributed by atoms with Crippen LogP contribution in [-0.2, 0) is 0 Å². The van der Waals surface area contributed by atoms with E-state index in [4.69, 9.17) is 5.73 Å². The first-order valence-corrected chi connectivity index (χ1v) is 7.11. The molecule has 1 unspecified atom stereocenters. The molecular formula is C14H18BrN3. The van der Waals surface area contributed by atoms with Crippen LogP contribution < -0.4 is 10.6 Å². The van der Waals surface area contributed by atoms with Gasteiger partial charge in [-0.2, -0.15) is 0 Å². The third-order valence-corrected chi connectivity index (χ3v) is 5.19. The fraction of sp³-hybridized carbons (Fsp3) is 0.500. The Bertz CT molecular complexity index is 504. The van der Waals surface area contributed by atoms with Crippen LogP contribution in [0.1, 0.15) is 26.7 Å². The van der Waals surface area contributed by atoms with Crippen LogP contribution in [0, 0.1) is 5.41 Å². The summed E-state index contributed by atoms with van der Waals surface area (Å²) in [7, 11) is 0. The van der Waals surface area contributed by atoms with E-state index in [2.05, 4.69) is 63.9 Å². The van der Waals surface area contributed by atoms with Crippen molar-refractivity contribution >= 4 is 27.6 Å². The molecule has 1 aliphatic heterocycles. The minimum Gasteiger partial charge on any atom is -0.369 e. The minimum atomic E-state index is 0.0188. The van der Waals surface area contributed by atoms with E-state index < -0.39 is 0 Å². The lowest BCUT2D eigenvalue weighted by atomic mass is 9.82. The lowest BCUT2D eigenvalue weighted by Crippen LogP contribution is -2.55. The molecular weight excluding hydrogens is 290 g/mol. The number of anilines is 1.